The van der Waals surface area contributed by atoms with Crippen molar-refractivity contribution in [1.82, 2.24) is 4.90 Å². The lowest BCUT2D eigenvalue weighted by Gasteiger charge is -2.13. The second-order valence-corrected chi connectivity index (χ2v) is 6.11. The summed E-state index contributed by atoms with van der Waals surface area (Å²) in [7, 11) is -3.12. The molecule has 8 heteroatoms. The van der Waals surface area contributed by atoms with Gasteiger partial charge in [-0.05, 0) is 19.4 Å². The maximum Gasteiger partial charge on any atom is 0.253 e. The van der Waals surface area contributed by atoms with E-state index in [1.807, 2.05) is 0 Å². The highest BCUT2D eigenvalue weighted by Crippen LogP contribution is 2.05. The average molecular weight is 297 g/mol. The summed E-state index contributed by atoms with van der Waals surface area (Å²) in [5, 5.41) is 0. The minimum atomic E-state index is -3.12. The van der Waals surface area contributed by atoms with Crippen LogP contribution in [0.3, 0.4) is 0 Å². The fraction of sp³-hybridized carbons (Fsp3) is 0.600. The molecule has 6 nitrogen and oxygen atoms in total. The van der Waals surface area contributed by atoms with Crippen LogP contribution in [0.5, 0.6) is 0 Å². The number of hydrogen-bond acceptors (Lipinski definition) is 5. The topological polar surface area (TPSA) is 97.5 Å². The summed E-state index contributed by atoms with van der Waals surface area (Å²) in [6.07, 6.45) is 3.08. The molecule has 0 aromatic carbocycles. The first-order valence-electron chi connectivity index (χ1n) is 5.40. The number of halogens is 1. The molecule has 0 fully saturated rings. The quantitative estimate of drug-likeness (QED) is 0.638. The zero-order chi connectivity index (χ0) is 12.9. The monoisotopic (exact) mass is 296 g/mol. The van der Waals surface area contributed by atoms with Crippen LogP contribution in [0.4, 0.5) is 0 Å². The number of amides is 2. The third-order valence-electron chi connectivity index (χ3n) is 2.40. The fourth-order valence-electron chi connectivity index (χ4n) is 1.50. The van der Waals surface area contributed by atoms with E-state index in [9.17, 15) is 18.0 Å². The van der Waals surface area contributed by atoms with Crippen LogP contribution in [-0.4, -0.2) is 49.7 Å². The highest BCUT2D eigenvalue weighted by molar-refractivity contribution is 7.91. The Morgan fingerprint density at radius 3 is 2.06 bits per heavy atom. The van der Waals surface area contributed by atoms with Gasteiger partial charge < -0.3 is 5.73 Å². The third kappa shape index (κ3) is 5.16. The average Bonchev–Trinajstić information content (AvgIpc) is 2.58. The van der Waals surface area contributed by atoms with Crippen molar-refractivity contribution < 1.29 is 18.0 Å². The van der Waals surface area contributed by atoms with Crippen molar-refractivity contribution in [3.05, 3.63) is 12.2 Å². The van der Waals surface area contributed by atoms with Crippen molar-refractivity contribution >= 4 is 34.1 Å². The Bertz CT molecular complexity index is 415. The largest absolute Gasteiger partial charge is 0.330 e. The maximum atomic E-state index is 11.5. The van der Waals surface area contributed by atoms with Crippen LogP contribution in [0.15, 0.2) is 12.2 Å². The molecule has 0 bridgehead atoms. The summed E-state index contributed by atoms with van der Waals surface area (Å²) in [4.78, 5) is 23.4. The molecule has 2 N–H and O–H groups in total. The fourth-order valence-corrected chi connectivity index (χ4v) is 2.88. The normalized spacial score (nSPS) is 15.1. The molecule has 0 atom stereocenters. The van der Waals surface area contributed by atoms with Crippen molar-refractivity contribution in [2.45, 2.75) is 12.8 Å². The summed E-state index contributed by atoms with van der Waals surface area (Å²) in [5.41, 5.74) is 5.23. The Kier molecular flexibility index (Phi) is 7.12. The Morgan fingerprint density at radius 2 is 1.56 bits per heavy atom. The van der Waals surface area contributed by atoms with E-state index in [1.54, 1.807) is 0 Å². The van der Waals surface area contributed by atoms with Gasteiger partial charge in [-0.2, -0.15) is 0 Å². The summed E-state index contributed by atoms with van der Waals surface area (Å²) in [6.45, 7) is 0.485. The first-order valence-corrected chi connectivity index (χ1v) is 7.22. The Hall–Kier alpha value is -0.920. The summed E-state index contributed by atoms with van der Waals surface area (Å²) < 4.78 is 22.9. The van der Waals surface area contributed by atoms with Crippen molar-refractivity contribution in [2.75, 3.05) is 24.6 Å². The minimum Gasteiger partial charge on any atom is -0.330 e. The van der Waals surface area contributed by atoms with Gasteiger partial charge in [0.05, 0.1) is 11.5 Å². The van der Waals surface area contributed by atoms with E-state index < -0.39 is 9.84 Å². The predicted molar refractivity (Wildman–Crippen MR) is 70.1 cm³/mol. The van der Waals surface area contributed by atoms with Crippen LogP contribution in [0.2, 0.25) is 0 Å². The molecular formula is C10H17ClN2O4S. The van der Waals surface area contributed by atoms with E-state index in [1.165, 1.54) is 12.2 Å². The molecule has 0 aromatic rings. The zero-order valence-corrected chi connectivity index (χ0v) is 11.5. The smallest absolute Gasteiger partial charge is 0.253 e. The summed E-state index contributed by atoms with van der Waals surface area (Å²) in [6, 6.07) is 0. The Balaban J connectivity index is 0.00000289. The van der Waals surface area contributed by atoms with Crippen molar-refractivity contribution in [1.29, 1.82) is 0 Å². The number of hydrogen-bond donors (Lipinski definition) is 1. The molecule has 0 aromatic heterocycles. The molecule has 18 heavy (non-hydrogen) atoms. The second-order valence-electron chi connectivity index (χ2n) is 3.81. The highest BCUT2D eigenvalue weighted by atomic mass is 35.5. The van der Waals surface area contributed by atoms with Gasteiger partial charge in [0.1, 0.15) is 9.84 Å². The highest BCUT2D eigenvalue weighted by Gasteiger charge is 2.23. The van der Waals surface area contributed by atoms with Crippen molar-refractivity contribution in [2.24, 2.45) is 5.73 Å². The number of carbonyl (C=O) groups is 2. The van der Waals surface area contributed by atoms with E-state index in [0.717, 1.165) is 4.90 Å². The second kappa shape index (κ2) is 7.50. The maximum absolute atomic E-state index is 11.5. The summed E-state index contributed by atoms with van der Waals surface area (Å²) in [5.74, 6) is -0.725. The lowest BCUT2D eigenvalue weighted by Crippen LogP contribution is -2.32. The molecule has 0 radical (unpaired) electrons. The molecule has 1 aliphatic rings. The van der Waals surface area contributed by atoms with E-state index in [0.29, 0.717) is 13.0 Å². The molecule has 0 saturated heterocycles. The predicted octanol–water partition coefficient (Wildman–Crippen LogP) is -0.513. The van der Waals surface area contributed by atoms with Crippen LogP contribution in [0.1, 0.15) is 12.8 Å². The molecule has 104 valence electrons. The molecule has 0 saturated carbocycles. The summed E-state index contributed by atoms with van der Waals surface area (Å²) >= 11 is 0. The Morgan fingerprint density at radius 1 is 1.06 bits per heavy atom. The molecular weight excluding hydrogens is 280 g/mol. The van der Waals surface area contributed by atoms with E-state index in [4.69, 9.17) is 5.73 Å². The minimum absolute atomic E-state index is 0. The molecule has 0 spiro atoms. The number of nitrogens with zero attached hydrogens (tertiary/aromatic N) is 1. The molecule has 0 unspecified atom stereocenters. The van der Waals surface area contributed by atoms with E-state index >= 15 is 0 Å². The number of sulfone groups is 1. The lowest BCUT2D eigenvalue weighted by atomic mass is 10.4. The van der Waals surface area contributed by atoms with Gasteiger partial charge in [0.2, 0.25) is 0 Å². The molecule has 1 aliphatic heterocycles. The molecule has 1 heterocycles. The van der Waals surface area contributed by atoms with Gasteiger partial charge >= 0.3 is 0 Å². The van der Waals surface area contributed by atoms with Crippen LogP contribution >= 0.6 is 12.4 Å². The number of carbonyl (C=O) groups excluding carboxylic acids is 2. The first kappa shape index (κ1) is 17.1. The van der Waals surface area contributed by atoms with Gasteiger partial charge in [0.25, 0.3) is 11.8 Å². The van der Waals surface area contributed by atoms with Gasteiger partial charge in [-0.1, -0.05) is 0 Å². The number of nitrogens with two attached hydrogens (primary N) is 1. The zero-order valence-electron chi connectivity index (χ0n) is 9.87. The van der Waals surface area contributed by atoms with Crippen LogP contribution < -0.4 is 5.73 Å². The Labute approximate surface area is 113 Å². The van der Waals surface area contributed by atoms with Gasteiger partial charge in [0, 0.05) is 18.7 Å². The number of imide groups is 1. The van der Waals surface area contributed by atoms with Gasteiger partial charge in [-0.15, -0.1) is 12.4 Å². The van der Waals surface area contributed by atoms with Gasteiger partial charge in [-0.25, -0.2) is 8.42 Å². The van der Waals surface area contributed by atoms with Gasteiger partial charge in [-0.3, -0.25) is 14.5 Å². The standard InChI is InChI=1S/C10H16N2O4S.ClH/c11-5-1-7-17(15,16)8-2-6-12-9(13)3-4-10(12)14;/h3-4H,1-2,5-8,11H2;1H. The SMILES string of the molecule is Cl.NCCCS(=O)(=O)CCCN1C(=O)C=CC1=O. The number of rotatable bonds is 7. The van der Waals surface area contributed by atoms with Crippen molar-refractivity contribution in [3.63, 3.8) is 0 Å². The van der Waals surface area contributed by atoms with Crippen LogP contribution in [0, 0.1) is 0 Å². The van der Waals surface area contributed by atoms with E-state index in [2.05, 4.69) is 0 Å². The molecule has 0 aliphatic carbocycles. The molecule has 2 amide bonds. The first-order chi connectivity index (χ1) is 7.96. The van der Waals surface area contributed by atoms with Crippen LogP contribution in [0.25, 0.3) is 0 Å². The van der Waals surface area contributed by atoms with Gasteiger partial charge in [0.15, 0.2) is 0 Å². The third-order valence-corrected chi connectivity index (χ3v) is 4.22. The lowest BCUT2D eigenvalue weighted by molar-refractivity contribution is -0.136. The van der Waals surface area contributed by atoms with E-state index in [-0.39, 0.29) is 48.7 Å². The van der Waals surface area contributed by atoms with Crippen LogP contribution in [-0.2, 0) is 19.4 Å². The molecule has 1 rings (SSSR count). The van der Waals surface area contributed by atoms with Crippen molar-refractivity contribution in [3.8, 4) is 0 Å².